The van der Waals surface area contributed by atoms with Crippen LogP contribution in [-0.2, 0) is 0 Å². The Bertz CT molecular complexity index is 444. The first-order valence-electron chi connectivity index (χ1n) is 8.01. The van der Waals surface area contributed by atoms with Crippen molar-refractivity contribution < 1.29 is 9.90 Å². The Morgan fingerprint density at radius 3 is 2.27 bits per heavy atom. The SMILES string of the molecule is CCN(CC)C(=O)Nc1ccc(C(C)NCC(C)CO)cc1. The molecule has 0 aliphatic carbocycles. The van der Waals surface area contributed by atoms with Crippen LogP contribution in [0.25, 0.3) is 0 Å². The molecule has 1 aromatic rings. The number of benzene rings is 1. The molecule has 2 unspecified atom stereocenters. The van der Waals surface area contributed by atoms with Crippen LogP contribution < -0.4 is 10.6 Å². The van der Waals surface area contributed by atoms with E-state index in [0.717, 1.165) is 17.8 Å². The van der Waals surface area contributed by atoms with E-state index >= 15 is 0 Å². The number of nitrogens with one attached hydrogen (secondary N) is 2. The van der Waals surface area contributed by atoms with E-state index in [4.69, 9.17) is 5.11 Å². The van der Waals surface area contributed by atoms with Crippen molar-refractivity contribution in [1.29, 1.82) is 0 Å². The van der Waals surface area contributed by atoms with Crippen LogP contribution in [-0.4, -0.2) is 42.3 Å². The Morgan fingerprint density at radius 2 is 1.77 bits per heavy atom. The predicted octanol–water partition coefficient (Wildman–Crippen LogP) is 2.84. The van der Waals surface area contributed by atoms with E-state index in [-0.39, 0.29) is 24.6 Å². The lowest BCUT2D eigenvalue weighted by Crippen LogP contribution is -2.34. The summed E-state index contributed by atoms with van der Waals surface area (Å²) in [6.45, 7) is 10.4. The zero-order valence-electron chi connectivity index (χ0n) is 14.1. The highest BCUT2D eigenvalue weighted by Gasteiger charge is 2.10. The number of rotatable bonds is 8. The van der Waals surface area contributed by atoms with Crippen LogP contribution in [0.3, 0.4) is 0 Å². The second kappa shape index (κ2) is 9.43. The summed E-state index contributed by atoms with van der Waals surface area (Å²) in [4.78, 5) is 13.7. The summed E-state index contributed by atoms with van der Waals surface area (Å²) in [6, 6.07) is 8.01. The quantitative estimate of drug-likeness (QED) is 0.692. The van der Waals surface area contributed by atoms with E-state index in [9.17, 15) is 4.79 Å². The van der Waals surface area contributed by atoms with Gasteiger partial charge >= 0.3 is 6.03 Å². The molecule has 0 saturated carbocycles. The molecule has 0 fully saturated rings. The molecule has 5 nitrogen and oxygen atoms in total. The lowest BCUT2D eigenvalue weighted by molar-refractivity contribution is 0.217. The first kappa shape index (κ1) is 18.5. The maximum absolute atomic E-state index is 12.0. The van der Waals surface area contributed by atoms with Gasteiger partial charge in [-0.3, -0.25) is 0 Å². The van der Waals surface area contributed by atoms with E-state index in [2.05, 4.69) is 17.6 Å². The van der Waals surface area contributed by atoms with Crippen molar-refractivity contribution >= 4 is 11.7 Å². The Labute approximate surface area is 133 Å². The normalized spacial score (nSPS) is 13.5. The van der Waals surface area contributed by atoms with Gasteiger partial charge in [0.15, 0.2) is 0 Å². The third kappa shape index (κ3) is 5.66. The first-order valence-corrected chi connectivity index (χ1v) is 8.01. The summed E-state index contributed by atoms with van der Waals surface area (Å²) < 4.78 is 0. The number of hydrogen-bond acceptors (Lipinski definition) is 3. The lowest BCUT2D eigenvalue weighted by atomic mass is 10.1. The largest absolute Gasteiger partial charge is 0.396 e. The number of anilines is 1. The summed E-state index contributed by atoms with van der Waals surface area (Å²) in [7, 11) is 0. The Kier molecular flexibility index (Phi) is 7.91. The van der Waals surface area contributed by atoms with E-state index in [0.29, 0.717) is 13.1 Å². The van der Waals surface area contributed by atoms with Crippen LogP contribution in [0.2, 0.25) is 0 Å². The van der Waals surface area contributed by atoms with Crippen LogP contribution in [0.15, 0.2) is 24.3 Å². The van der Waals surface area contributed by atoms with Gasteiger partial charge in [0.25, 0.3) is 0 Å². The number of nitrogens with zero attached hydrogens (tertiary/aromatic N) is 1. The molecule has 2 atom stereocenters. The summed E-state index contributed by atoms with van der Waals surface area (Å²) in [5, 5.41) is 15.3. The van der Waals surface area contributed by atoms with Crippen LogP contribution >= 0.6 is 0 Å². The van der Waals surface area contributed by atoms with Crippen molar-refractivity contribution in [3.63, 3.8) is 0 Å². The Balaban J connectivity index is 2.57. The standard InChI is InChI=1S/C17H29N3O2/c1-5-20(6-2)17(22)19-16-9-7-15(8-10-16)14(4)18-11-13(3)12-21/h7-10,13-14,18,21H,5-6,11-12H2,1-4H3,(H,19,22). The second-order valence-corrected chi connectivity index (χ2v) is 5.64. The number of urea groups is 1. The predicted molar refractivity (Wildman–Crippen MR) is 91.0 cm³/mol. The summed E-state index contributed by atoms with van der Waals surface area (Å²) in [6.07, 6.45) is 0. The summed E-state index contributed by atoms with van der Waals surface area (Å²) >= 11 is 0. The molecular formula is C17H29N3O2. The van der Waals surface area contributed by atoms with Crippen molar-refractivity contribution in [1.82, 2.24) is 10.2 Å². The van der Waals surface area contributed by atoms with Crippen molar-refractivity contribution in [3.05, 3.63) is 29.8 Å². The van der Waals surface area contributed by atoms with Crippen molar-refractivity contribution in [2.45, 2.75) is 33.7 Å². The zero-order chi connectivity index (χ0) is 16.5. The van der Waals surface area contributed by atoms with Crippen molar-refractivity contribution in [2.75, 3.05) is 31.6 Å². The van der Waals surface area contributed by atoms with E-state index < -0.39 is 0 Å². The molecule has 3 N–H and O–H groups in total. The summed E-state index contributed by atoms with van der Waals surface area (Å²) in [5.41, 5.74) is 1.96. The van der Waals surface area contributed by atoms with Crippen LogP contribution in [0.4, 0.5) is 10.5 Å². The van der Waals surface area contributed by atoms with Gasteiger partial charge in [-0.1, -0.05) is 19.1 Å². The molecule has 0 aliphatic heterocycles. The zero-order valence-corrected chi connectivity index (χ0v) is 14.1. The molecule has 0 aromatic heterocycles. The fourth-order valence-corrected chi connectivity index (χ4v) is 2.13. The van der Waals surface area contributed by atoms with Gasteiger partial charge in [0.05, 0.1) is 0 Å². The summed E-state index contributed by atoms with van der Waals surface area (Å²) in [5.74, 6) is 0.245. The van der Waals surface area contributed by atoms with Crippen LogP contribution in [0.1, 0.15) is 39.3 Å². The van der Waals surface area contributed by atoms with Gasteiger partial charge in [-0.25, -0.2) is 4.79 Å². The van der Waals surface area contributed by atoms with Gasteiger partial charge in [-0.05, 0) is 44.4 Å². The van der Waals surface area contributed by atoms with Gasteiger partial charge in [-0.2, -0.15) is 0 Å². The molecule has 1 rings (SSSR count). The average Bonchev–Trinajstić information content (AvgIpc) is 2.54. The van der Waals surface area contributed by atoms with Gasteiger partial charge in [0.2, 0.25) is 0 Å². The van der Waals surface area contributed by atoms with Gasteiger partial charge in [0, 0.05) is 38.0 Å². The minimum Gasteiger partial charge on any atom is -0.396 e. The number of carbonyl (C=O) groups excluding carboxylic acids is 1. The second-order valence-electron chi connectivity index (χ2n) is 5.64. The highest BCUT2D eigenvalue weighted by Crippen LogP contribution is 2.16. The molecule has 1 aromatic carbocycles. The molecule has 22 heavy (non-hydrogen) atoms. The monoisotopic (exact) mass is 307 g/mol. The lowest BCUT2D eigenvalue weighted by Gasteiger charge is -2.20. The molecule has 2 amide bonds. The Hall–Kier alpha value is -1.59. The first-order chi connectivity index (χ1) is 10.5. The van der Waals surface area contributed by atoms with Crippen LogP contribution in [0.5, 0.6) is 0 Å². The molecule has 0 aliphatic rings. The number of hydrogen-bond donors (Lipinski definition) is 3. The van der Waals surface area contributed by atoms with Crippen LogP contribution in [0, 0.1) is 5.92 Å². The van der Waals surface area contributed by atoms with Crippen molar-refractivity contribution in [3.8, 4) is 0 Å². The molecule has 0 bridgehead atoms. The highest BCUT2D eigenvalue weighted by molar-refractivity contribution is 5.89. The fourth-order valence-electron chi connectivity index (χ4n) is 2.13. The maximum Gasteiger partial charge on any atom is 0.321 e. The minimum atomic E-state index is -0.0688. The smallest absolute Gasteiger partial charge is 0.321 e. The molecule has 0 saturated heterocycles. The minimum absolute atomic E-state index is 0.0688. The fraction of sp³-hybridized carbons (Fsp3) is 0.588. The van der Waals surface area contributed by atoms with Gasteiger partial charge in [-0.15, -0.1) is 0 Å². The Morgan fingerprint density at radius 1 is 1.18 bits per heavy atom. The van der Waals surface area contributed by atoms with E-state index in [1.54, 1.807) is 4.90 Å². The van der Waals surface area contributed by atoms with Crippen molar-refractivity contribution in [2.24, 2.45) is 5.92 Å². The molecule has 0 spiro atoms. The molecular weight excluding hydrogens is 278 g/mol. The topological polar surface area (TPSA) is 64.6 Å². The van der Waals surface area contributed by atoms with E-state index in [1.165, 1.54) is 0 Å². The average molecular weight is 307 g/mol. The maximum atomic E-state index is 12.0. The number of carbonyl (C=O) groups is 1. The molecule has 5 heteroatoms. The molecule has 0 heterocycles. The molecule has 0 radical (unpaired) electrons. The van der Waals surface area contributed by atoms with Gasteiger partial charge in [0.1, 0.15) is 0 Å². The number of aliphatic hydroxyl groups excluding tert-OH is 1. The number of amides is 2. The third-order valence-corrected chi connectivity index (χ3v) is 3.80. The van der Waals surface area contributed by atoms with Gasteiger partial charge < -0.3 is 20.6 Å². The molecule has 124 valence electrons. The third-order valence-electron chi connectivity index (χ3n) is 3.80. The number of aliphatic hydroxyl groups is 1. The highest BCUT2D eigenvalue weighted by atomic mass is 16.3. The van der Waals surface area contributed by atoms with E-state index in [1.807, 2.05) is 45.0 Å².